The molecule has 0 N–H and O–H groups in total. The second kappa shape index (κ2) is 31.5. The first kappa shape index (κ1) is 58.7. The lowest BCUT2D eigenvalue weighted by Crippen LogP contribution is -2.31. The Bertz CT molecular complexity index is 2500. The van der Waals surface area contributed by atoms with Crippen LogP contribution in [0, 0.1) is 23.7 Å². The van der Waals surface area contributed by atoms with Gasteiger partial charge in [0.25, 0.3) is 6.47 Å². The Balaban J connectivity index is 1.07. The van der Waals surface area contributed by atoms with Gasteiger partial charge >= 0.3 is 53.7 Å². The third-order valence-corrected chi connectivity index (χ3v) is 12.4. The number of esters is 9. The summed E-state index contributed by atoms with van der Waals surface area (Å²) in [7, 11) is 0. The first-order valence-electron chi connectivity index (χ1n) is 25.1. The Morgan fingerprint density at radius 3 is 1.32 bits per heavy atom. The molecule has 0 amide bonds. The van der Waals surface area contributed by atoms with E-state index in [-0.39, 0.29) is 69.5 Å². The van der Waals surface area contributed by atoms with E-state index in [0.717, 1.165) is 23.3 Å². The highest BCUT2D eigenvalue weighted by Gasteiger charge is 2.35. The maximum atomic E-state index is 13.5. The van der Waals surface area contributed by atoms with E-state index >= 15 is 0 Å². The highest BCUT2D eigenvalue weighted by Crippen LogP contribution is 2.35. The molecule has 0 bridgehead atoms. The van der Waals surface area contributed by atoms with Gasteiger partial charge in [-0.05, 0) is 118 Å². The van der Waals surface area contributed by atoms with Crippen molar-refractivity contribution in [1.82, 2.24) is 0 Å². The van der Waals surface area contributed by atoms with E-state index in [2.05, 4.69) is 13.2 Å². The number of unbranched alkanes of at least 4 members (excludes halogenated alkanes) is 1. The second-order valence-electron chi connectivity index (χ2n) is 17.7. The number of carbonyl (C=O) groups is 10. The summed E-state index contributed by atoms with van der Waals surface area (Å²) < 4.78 is 52.7. The fourth-order valence-corrected chi connectivity index (χ4v) is 8.08. The van der Waals surface area contributed by atoms with Gasteiger partial charge in [0.05, 0.1) is 62.9 Å². The van der Waals surface area contributed by atoms with Crippen LogP contribution in [0.2, 0.25) is 0 Å². The molecule has 0 radical (unpaired) electrons. The van der Waals surface area contributed by atoms with Gasteiger partial charge < -0.3 is 47.4 Å². The van der Waals surface area contributed by atoms with Gasteiger partial charge in [-0.3, -0.25) is 33.6 Å². The monoisotopic (exact) mass is 1050 g/mol. The van der Waals surface area contributed by atoms with Gasteiger partial charge in [0.1, 0.15) is 41.8 Å². The largest absolute Gasteiger partial charge is 0.468 e. The minimum absolute atomic E-state index is 0.00245. The van der Waals surface area contributed by atoms with Crippen LogP contribution in [0.4, 0.5) is 0 Å². The van der Waals surface area contributed by atoms with Crippen LogP contribution < -0.4 is 18.9 Å². The van der Waals surface area contributed by atoms with Crippen LogP contribution in [0.25, 0.3) is 0 Å². The van der Waals surface area contributed by atoms with Crippen molar-refractivity contribution >= 4 is 60.2 Å². The van der Waals surface area contributed by atoms with Crippen molar-refractivity contribution in [1.29, 1.82) is 0 Å². The zero-order chi connectivity index (χ0) is 54.7. The lowest BCUT2D eigenvalue weighted by Gasteiger charge is -2.26. The number of benzene rings is 3. The molecule has 5 rings (SSSR count). The quantitative estimate of drug-likeness (QED) is 0.0172. The molecule has 2 fully saturated rings. The molecule has 20 heteroatoms. The van der Waals surface area contributed by atoms with Crippen molar-refractivity contribution in [2.24, 2.45) is 23.7 Å². The lowest BCUT2D eigenvalue weighted by atomic mass is 9.82. The molecule has 2 saturated carbocycles. The lowest BCUT2D eigenvalue weighted by molar-refractivity contribution is -0.152. The summed E-state index contributed by atoms with van der Waals surface area (Å²) in [4.78, 5) is 123. The van der Waals surface area contributed by atoms with Gasteiger partial charge in [-0.25, -0.2) is 14.4 Å². The van der Waals surface area contributed by atoms with E-state index < -0.39 is 77.4 Å². The van der Waals surface area contributed by atoms with Crippen LogP contribution in [-0.2, 0) is 84.4 Å². The summed E-state index contributed by atoms with van der Waals surface area (Å²) in [6.45, 7) is 7.01. The van der Waals surface area contributed by atoms with Crippen molar-refractivity contribution in [2.45, 2.75) is 89.9 Å². The Kier molecular flexibility index (Phi) is 24.4. The molecule has 2 aliphatic carbocycles. The first-order chi connectivity index (χ1) is 36.7. The minimum Gasteiger partial charge on any atom is -0.468 e. The summed E-state index contributed by atoms with van der Waals surface area (Å²) in [6, 6.07) is 17.5. The van der Waals surface area contributed by atoms with Crippen LogP contribution in [0.5, 0.6) is 23.0 Å². The van der Waals surface area contributed by atoms with E-state index in [1.807, 2.05) is 0 Å². The highest BCUT2D eigenvalue weighted by atomic mass is 16.6. The van der Waals surface area contributed by atoms with Crippen LogP contribution in [0.3, 0.4) is 0 Å². The van der Waals surface area contributed by atoms with Crippen molar-refractivity contribution in [3.8, 4) is 23.0 Å². The summed E-state index contributed by atoms with van der Waals surface area (Å²) >= 11 is 0. The van der Waals surface area contributed by atoms with Crippen LogP contribution in [0.15, 0.2) is 92.0 Å². The molecule has 0 atom stereocenters. The summed E-state index contributed by atoms with van der Waals surface area (Å²) in [5.74, 6) is -6.91. The van der Waals surface area contributed by atoms with Crippen LogP contribution in [-0.4, -0.2) is 99.8 Å². The van der Waals surface area contributed by atoms with Gasteiger partial charge in [0.2, 0.25) is 0 Å². The van der Waals surface area contributed by atoms with E-state index in [1.165, 1.54) is 18.2 Å². The molecule has 0 aliphatic heterocycles. The zero-order valence-electron chi connectivity index (χ0n) is 42.1. The highest BCUT2D eigenvalue weighted by molar-refractivity contribution is 5.94. The van der Waals surface area contributed by atoms with E-state index in [4.69, 9.17) is 47.4 Å². The topological polar surface area (TPSA) is 263 Å². The van der Waals surface area contributed by atoms with E-state index in [9.17, 15) is 47.9 Å². The summed E-state index contributed by atoms with van der Waals surface area (Å²) in [5.41, 5.74) is 1.53. The Morgan fingerprint density at radius 1 is 0.447 bits per heavy atom. The number of rotatable bonds is 29. The predicted molar refractivity (Wildman–Crippen MR) is 265 cm³/mol. The zero-order valence-corrected chi connectivity index (χ0v) is 42.1. The second-order valence-corrected chi connectivity index (χ2v) is 17.7. The molecule has 0 aromatic heterocycles. The molecule has 0 unspecified atom stereocenters. The molecule has 406 valence electrons. The molecular formula is C56H62O20. The summed E-state index contributed by atoms with van der Waals surface area (Å²) in [6.07, 6.45) is 5.96. The van der Waals surface area contributed by atoms with E-state index in [1.54, 1.807) is 48.5 Å². The fraction of sp³-hybridized carbons (Fsp3) is 0.429. The van der Waals surface area contributed by atoms with Gasteiger partial charge in [0, 0.05) is 25.0 Å². The van der Waals surface area contributed by atoms with Gasteiger partial charge in [0.15, 0.2) is 0 Å². The SMILES string of the molecule is C=CC(=O)OCCCCOC(=O)c1cc(OC(=O)C2CCC(C(=O)Oc3ccc(CCOC(=O)CCC(=O)OCCOC(=O)C=C)cc3)CC2)ccc1OC(=O)C1CCC(C(=O)Oc2ccc(CCOC=O)cc2)CC1. The maximum Gasteiger partial charge on any atom is 0.342 e. The van der Waals surface area contributed by atoms with E-state index in [0.29, 0.717) is 95.0 Å². The normalized spacial score (nSPS) is 16.7. The van der Waals surface area contributed by atoms with Crippen LogP contribution >= 0.6 is 0 Å². The van der Waals surface area contributed by atoms with Gasteiger partial charge in [-0.1, -0.05) is 37.4 Å². The Labute approximate surface area is 439 Å². The third-order valence-electron chi connectivity index (χ3n) is 12.4. The Morgan fingerprint density at radius 2 is 0.842 bits per heavy atom. The molecule has 76 heavy (non-hydrogen) atoms. The molecule has 3 aromatic carbocycles. The molecule has 0 heterocycles. The maximum absolute atomic E-state index is 13.5. The van der Waals surface area contributed by atoms with Crippen molar-refractivity contribution in [3.05, 3.63) is 109 Å². The van der Waals surface area contributed by atoms with Crippen molar-refractivity contribution in [3.63, 3.8) is 0 Å². The van der Waals surface area contributed by atoms with Gasteiger partial charge in [-0.15, -0.1) is 0 Å². The molecule has 2 aliphatic rings. The molecule has 0 spiro atoms. The minimum atomic E-state index is -0.856. The van der Waals surface area contributed by atoms with Crippen LogP contribution in [0.1, 0.15) is 98.5 Å². The third kappa shape index (κ3) is 20.3. The van der Waals surface area contributed by atoms with Crippen molar-refractivity contribution < 1.29 is 95.3 Å². The Hall–Kier alpha value is -8.16. The smallest absolute Gasteiger partial charge is 0.342 e. The molecule has 20 nitrogen and oxygen atoms in total. The standard InChI is InChI=1S/C56H62O20/c1-3-48(58)68-29-5-6-30-72-56(66)46-35-45(23-24-47(46)76-55(65)42-17-15-40(16-18-42)53(63)73-43-19-7-37(8-20-43)27-31-67-36-57)75-54(64)41-13-11-39(12-14-41)52(62)74-44-21-9-38(10-22-44)28-32-69-50(60)25-26-51(61)71-34-33-70-49(59)4-2/h3-4,7-10,19-24,35-36,39-42H,1-2,5-6,11-18,25-34H2. The average molecular weight is 1060 g/mol. The first-order valence-corrected chi connectivity index (χ1v) is 25.1. The number of hydrogen-bond donors (Lipinski definition) is 0. The molecule has 0 saturated heterocycles. The molecular weight excluding hydrogens is 993 g/mol. The summed E-state index contributed by atoms with van der Waals surface area (Å²) in [5, 5.41) is 0. The van der Waals surface area contributed by atoms with Gasteiger partial charge in [-0.2, -0.15) is 0 Å². The molecule has 3 aromatic rings. The number of ether oxygens (including phenoxy) is 10. The van der Waals surface area contributed by atoms with Crippen molar-refractivity contribution in [2.75, 3.05) is 39.6 Å². The predicted octanol–water partition coefficient (Wildman–Crippen LogP) is 6.84. The number of carbonyl (C=O) groups excluding carboxylic acids is 10. The average Bonchev–Trinajstić information content (AvgIpc) is 3.43. The fourth-order valence-electron chi connectivity index (χ4n) is 8.08. The number of hydrogen-bond acceptors (Lipinski definition) is 20.